The Bertz CT molecular complexity index is 353. The van der Waals surface area contributed by atoms with Crippen LogP contribution in [0, 0.1) is 12.8 Å². The number of aryl methyl sites for hydroxylation is 2. The maximum atomic E-state index is 5.42. The normalized spacial score (nSPS) is 17.7. The van der Waals surface area contributed by atoms with Crippen molar-refractivity contribution >= 4 is 0 Å². The molecule has 2 heterocycles. The van der Waals surface area contributed by atoms with Crippen LogP contribution in [0.4, 0.5) is 0 Å². The topological polar surface area (TPSA) is 39.1 Å². The Hall–Kier alpha value is -1.03. The minimum Gasteiger partial charge on any atom is -0.481 e. The number of nitrogens with zero attached hydrogens (tertiary/aromatic N) is 2. The number of ether oxygens (including phenoxy) is 1. The van der Waals surface area contributed by atoms with Crippen molar-refractivity contribution < 1.29 is 4.74 Å². The molecule has 0 saturated carbocycles. The van der Waals surface area contributed by atoms with Gasteiger partial charge in [-0.2, -0.15) is 5.10 Å². The Labute approximate surface area is 97.0 Å². The first-order valence-corrected chi connectivity index (χ1v) is 5.99. The predicted molar refractivity (Wildman–Crippen MR) is 63.8 cm³/mol. The summed E-state index contributed by atoms with van der Waals surface area (Å²) in [7, 11) is 3.67. The van der Waals surface area contributed by atoms with Crippen LogP contribution in [0.15, 0.2) is 0 Å². The van der Waals surface area contributed by atoms with Crippen LogP contribution >= 0.6 is 0 Å². The molecule has 1 aliphatic rings. The van der Waals surface area contributed by atoms with E-state index in [2.05, 4.69) is 17.3 Å². The van der Waals surface area contributed by atoms with Crippen molar-refractivity contribution in [1.29, 1.82) is 0 Å². The zero-order valence-electron chi connectivity index (χ0n) is 10.4. The van der Waals surface area contributed by atoms with Crippen molar-refractivity contribution in [3.63, 3.8) is 0 Å². The van der Waals surface area contributed by atoms with Crippen LogP contribution in [0.5, 0.6) is 5.88 Å². The molecule has 0 aliphatic carbocycles. The highest BCUT2D eigenvalue weighted by atomic mass is 16.5. The maximum Gasteiger partial charge on any atom is 0.214 e. The lowest BCUT2D eigenvalue weighted by molar-refractivity contribution is 0.348. The molecule has 1 aromatic rings. The molecule has 0 aromatic carbocycles. The van der Waals surface area contributed by atoms with Crippen LogP contribution in [0.3, 0.4) is 0 Å². The predicted octanol–water partition coefficient (Wildman–Crippen LogP) is 1.28. The molecule has 1 aliphatic heterocycles. The van der Waals surface area contributed by atoms with E-state index in [0.29, 0.717) is 0 Å². The summed E-state index contributed by atoms with van der Waals surface area (Å²) < 4.78 is 7.26. The highest BCUT2D eigenvalue weighted by Gasteiger charge is 2.20. The third-order valence-electron chi connectivity index (χ3n) is 3.43. The smallest absolute Gasteiger partial charge is 0.214 e. The van der Waals surface area contributed by atoms with Gasteiger partial charge >= 0.3 is 0 Å². The number of aromatic nitrogens is 2. The standard InChI is InChI=1S/C12H21N3O/c1-9-11(12(16-3)15(2)14-9)8-10-4-6-13-7-5-10/h10,13H,4-8H2,1-3H3. The van der Waals surface area contributed by atoms with Crippen LogP contribution in [0.2, 0.25) is 0 Å². The second-order valence-corrected chi connectivity index (χ2v) is 4.59. The molecule has 0 spiro atoms. The second kappa shape index (κ2) is 4.87. The summed E-state index contributed by atoms with van der Waals surface area (Å²) in [6.45, 7) is 4.36. The van der Waals surface area contributed by atoms with Gasteiger partial charge in [0, 0.05) is 12.6 Å². The average Bonchev–Trinajstić information content (AvgIpc) is 2.55. The van der Waals surface area contributed by atoms with Crippen molar-refractivity contribution in [2.24, 2.45) is 13.0 Å². The summed E-state index contributed by atoms with van der Waals surface area (Å²) in [4.78, 5) is 0. The summed E-state index contributed by atoms with van der Waals surface area (Å²) in [6.07, 6.45) is 3.62. The Morgan fingerprint density at radius 2 is 2.12 bits per heavy atom. The van der Waals surface area contributed by atoms with Crippen LogP contribution in [0.25, 0.3) is 0 Å². The van der Waals surface area contributed by atoms with Crippen LogP contribution in [0.1, 0.15) is 24.1 Å². The van der Waals surface area contributed by atoms with Gasteiger partial charge < -0.3 is 10.1 Å². The Kier molecular flexibility index (Phi) is 3.49. The van der Waals surface area contributed by atoms with Gasteiger partial charge in [0.2, 0.25) is 5.88 Å². The minimum atomic E-state index is 0.776. The number of methoxy groups -OCH3 is 1. The zero-order chi connectivity index (χ0) is 11.5. The summed E-state index contributed by atoms with van der Waals surface area (Å²) in [5, 5.41) is 7.82. The minimum absolute atomic E-state index is 0.776. The van der Waals surface area contributed by atoms with Crippen LogP contribution < -0.4 is 10.1 Å². The SMILES string of the molecule is COc1c(CC2CCNCC2)c(C)nn1C. The highest BCUT2D eigenvalue weighted by Crippen LogP contribution is 2.27. The molecule has 0 amide bonds. The Morgan fingerprint density at radius 1 is 1.44 bits per heavy atom. The van der Waals surface area contributed by atoms with E-state index in [1.807, 2.05) is 11.7 Å². The van der Waals surface area contributed by atoms with E-state index in [1.165, 1.54) is 18.4 Å². The fourth-order valence-electron chi connectivity index (χ4n) is 2.55. The lowest BCUT2D eigenvalue weighted by atomic mass is 9.91. The summed E-state index contributed by atoms with van der Waals surface area (Å²) in [5.74, 6) is 1.70. The van der Waals surface area contributed by atoms with Gasteiger partial charge in [0.05, 0.1) is 12.8 Å². The molecule has 0 radical (unpaired) electrons. The van der Waals surface area contributed by atoms with Crippen molar-refractivity contribution in [3.8, 4) is 5.88 Å². The van der Waals surface area contributed by atoms with E-state index >= 15 is 0 Å². The average molecular weight is 223 g/mol. The second-order valence-electron chi connectivity index (χ2n) is 4.59. The molecule has 1 saturated heterocycles. The number of nitrogens with one attached hydrogen (secondary N) is 1. The van der Waals surface area contributed by atoms with E-state index in [4.69, 9.17) is 4.74 Å². The number of hydrogen-bond acceptors (Lipinski definition) is 3. The van der Waals surface area contributed by atoms with E-state index in [1.54, 1.807) is 7.11 Å². The molecule has 90 valence electrons. The van der Waals surface area contributed by atoms with Gasteiger partial charge in [-0.05, 0) is 45.2 Å². The quantitative estimate of drug-likeness (QED) is 0.839. The maximum absolute atomic E-state index is 5.42. The lowest BCUT2D eigenvalue weighted by Gasteiger charge is -2.22. The van der Waals surface area contributed by atoms with Gasteiger partial charge in [-0.1, -0.05) is 0 Å². The van der Waals surface area contributed by atoms with E-state index in [0.717, 1.165) is 37.0 Å². The fraction of sp³-hybridized carbons (Fsp3) is 0.750. The first-order valence-electron chi connectivity index (χ1n) is 5.99. The largest absolute Gasteiger partial charge is 0.481 e. The van der Waals surface area contributed by atoms with E-state index in [9.17, 15) is 0 Å². The molecule has 0 bridgehead atoms. The molecule has 0 atom stereocenters. The van der Waals surface area contributed by atoms with Gasteiger partial charge in [0.15, 0.2) is 0 Å². The molecule has 1 N–H and O–H groups in total. The Balaban J connectivity index is 2.13. The number of piperidine rings is 1. The van der Waals surface area contributed by atoms with Crippen molar-refractivity contribution in [2.45, 2.75) is 26.2 Å². The molecule has 0 unspecified atom stereocenters. The summed E-state index contributed by atoms with van der Waals surface area (Å²) in [6, 6.07) is 0. The van der Waals surface area contributed by atoms with Gasteiger partial charge in [-0.25, -0.2) is 4.68 Å². The van der Waals surface area contributed by atoms with E-state index < -0.39 is 0 Å². The Morgan fingerprint density at radius 3 is 2.75 bits per heavy atom. The fourth-order valence-corrected chi connectivity index (χ4v) is 2.55. The van der Waals surface area contributed by atoms with Gasteiger partial charge in [0.25, 0.3) is 0 Å². The monoisotopic (exact) mass is 223 g/mol. The van der Waals surface area contributed by atoms with Crippen LogP contribution in [-0.4, -0.2) is 30.0 Å². The van der Waals surface area contributed by atoms with Gasteiger partial charge in [-0.15, -0.1) is 0 Å². The molecule has 16 heavy (non-hydrogen) atoms. The summed E-state index contributed by atoms with van der Waals surface area (Å²) >= 11 is 0. The van der Waals surface area contributed by atoms with E-state index in [-0.39, 0.29) is 0 Å². The zero-order valence-corrected chi connectivity index (χ0v) is 10.4. The molecule has 4 heteroatoms. The van der Waals surface area contributed by atoms with Crippen molar-refractivity contribution in [3.05, 3.63) is 11.3 Å². The van der Waals surface area contributed by atoms with Gasteiger partial charge in [-0.3, -0.25) is 0 Å². The molecule has 1 fully saturated rings. The third-order valence-corrected chi connectivity index (χ3v) is 3.43. The van der Waals surface area contributed by atoms with Crippen molar-refractivity contribution in [1.82, 2.24) is 15.1 Å². The first kappa shape index (κ1) is 11.5. The molecule has 4 nitrogen and oxygen atoms in total. The highest BCUT2D eigenvalue weighted by molar-refractivity contribution is 5.31. The molecular formula is C12H21N3O. The number of rotatable bonds is 3. The molecular weight excluding hydrogens is 202 g/mol. The lowest BCUT2D eigenvalue weighted by Crippen LogP contribution is -2.28. The third kappa shape index (κ3) is 2.21. The van der Waals surface area contributed by atoms with Gasteiger partial charge in [0.1, 0.15) is 0 Å². The molecule has 2 rings (SSSR count). The van der Waals surface area contributed by atoms with Crippen molar-refractivity contribution in [2.75, 3.05) is 20.2 Å². The number of hydrogen-bond donors (Lipinski definition) is 1. The molecule has 1 aromatic heterocycles. The first-order chi connectivity index (χ1) is 7.72. The summed E-state index contributed by atoms with van der Waals surface area (Å²) in [5.41, 5.74) is 2.40. The van der Waals surface area contributed by atoms with Crippen LogP contribution in [-0.2, 0) is 13.5 Å².